The third-order valence-corrected chi connectivity index (χ3v) is 6.61. The van der Waals surface area contributed by atoms with Gasteiger partial charge in [0.2, 0.25) is 0 Å². The van der Waals surface area contributed by atoms with Crippen molar-refractivity contribution in [2.45, 2.75) is 6.54 Å². The van der Waals surface area contributed by atoms with Crippen molar-refractivity contribution in [1.82, 2.24) is 4.90 Å². The summed E-state index contributed by atoms with van der Waals surface area (Å²) in [6.45, 7) is 4.46. The van der Waals surface area contributed by atoms with E-state index in [1.165, 1.54) is 5.56 Å². The summed E-state index contributed by atoms with van der Waals surface area (Å²) < 4.78 is 17.0. The van der Waals surface area contributed by atoms with E-state index in [2.05, 4.69) is 42.6 Å². The van der Waals surface area contributed by atoms with Gasteiger partial charge in [0, 0.05) is 44.2 Å². The van der Waals surface area contributed by atoms with E-state index in [-0.39, 0.29) is 5.95 Å². The molecular formula is C26H23BrN2O5. The molecule has 1 N–H and O–H groups in total. The highest BCUT2D eigenvalue weighted by Gasteiger charge is 2.21. The minimum Gasteiger partial charge on any atom is -0.457 e. The van der Waals surface area contributed by atoms with Gasteiger partial charge in [0.15, 0.2) is 0 Å². The van der Waals surface area contributed by atoms with Gasteiger partial charge in [-0.2, -0.15) is 0 Å². The number of nitrogens with zero attached hydrogens (tertiary/aromatic N) is 2. The van der Waals surface area contributed by atoms with Crippen molar-refractivity contribution in [1.29, 1.82) is 0 Å². The van der Waals surface area contributed by atoms with E-state index in [1.54, 1.807) is 6.07 Å². The zero-order chi connectivity index (χ0) is 23.5. The molecule has 0 radical (unpaired) electrons. The van der Waals surface area contributed by atoms with Gasteiger partial charge < -0.3 is 23.9 Å². The molecular weight excluding hydrogens is 500 g/mol. The van der Waals surface area contributed by atoms with E-state index in [1.807, 2.05) is 54.6 Å². The summed E-state index contributed by atoms with van der Waals surface area (Å²) in [6, 6.07) is 23.5. The largest absolute Gasteiger partial charge is 0.513 e. The molecule has 4 aromatic rings. The van der Waals surface area contributed by atoms with Gasteiger partial charge in [0.25, 0.3) is 5.95 Å². The second kappa shape index (κ2) is 9.79. The van der Waals surface area contributed by atoms with Crippen LogP contribution in [-0.4, -0.2) is 42.3 Å². The first-order valence-corrected chi connectivity index (χ1v) is 11.8. The Bertz CT molecular complexity index is 1300. The summed E-state index contributed by atoms with van der Waals surface area (Å²) in [6.07, 6.45) is -1.40. The minimum absolute atomic E-state index is 0.0383. The maximum Gasteiger partial charge on any atom is 0.513 e. The topological polar surface area (TPSA) is 75.4 Å². The average Bonchev–Trinajstić information content (AvgIpc) is 3.24. The summed E-state index contributed by atoms with van der Waals surface area (Å²) in [5.74, 6) is 1.63. The Morgan fingerprint density at radius 2 is 1.71 bits per heavy atom. The Morgan fingerprint density at radius 3 is 2.47 bits per heavy atom. The van der Waals surface area contributed by atoms with Crippen LogP contribution in [0.4, 0.5) is 10.5 Å². The average molecular weight is 523 g/mol. The maximum atomic E-state index is 10.8. The van der Waals surface area contributed by atoms with Crippen molar-refractivity contribution in [3.63, 3.8) is 0 Å². The van der Waals surface area contributed by atoms with Crippen LogP contribution in [0.5, 0.6) is 17.4 Å². The second-order valence-electron chi connectivity index (χ2n) is 8.07. The Labute approximate surface area is 205 Å². The fourth-order valence-corrected chi connectivity index (χ4v) is 4.85. The first kappa shape index (κ1) is 22.3. The van der Waals surface area contributed by atoms with Crippen LogP contribution in [0.1, 0.15) is 5.56 Å². The van der Waals surface area contributed by atoms with Gasteiger partial charge in [0.1, 0.15) is 17.1 Å². The van der Waals surface area contributed by atoms with E-state index in [9.17, 15) is 4.79 Å². The van der Waals surface area contributed by atoms with Crippen molar-refractivity contribution in [3.8, 4) is 17.4 Å². The maximum absolute atomic E-state index is 10.8. The third-order valence-electron chi connectivity index (χ3n) is 5.78. The van der Waals surface area contributed by atoms with E-state index >= 15 is 0 Å². The highest BCUT2D eigenvalue weighted by Crippen LogP contribution is 2.38. The monoisotopic (exact) mass is 522 g/mol. The van der Waals surface area contributed by atoms with Crippen LogP contribution in [0.3, 0.4) is 0 Å². The second-order valence-corrected chi connectivity index (χ2v) is 8.86. The van der Waals surface area contributed by atoms with Crippen molar-refractivity contribution >= 4 is 38.7 Å². The molecule has 1 fully saturated rings. The van der Waals surface area contributed by atoms with Crippen LogP contribution in [0.2, 0.25) is 0 Å². The van der Waals surface area contributed by atoms with Gasteiger partial charge in [-0.1, -0.05) is 30.3 Å². The Morgan fingerprint density at radius 1 is 0.941 bits per heavy atom. The number of anilines is 1. The minimum atomic E-state index is -1.40. The standard InChI is InChI=1S/C26H23BrN2O5/c27-25-21-16-24(34-26(30)31)33-23(21)10-9-22(25)29-13-11-28(12-14-29)17-18-5-4-8-20(15-18)32-19-6-2-1-3-7-19/h1-10,15-16H,11-14,17H2,(H,30,31). The predicted octanol–water partition coefficient (Wildman–Crippen LogP) is 6.37. The smallest absolute Gasteiger partial charge is 0.457 e. The number of benzene rings is 3. The van der Waals surface area contributed by atoms with Crippen molar-refractivity contribution in [2.24, 2.45) is 0 Å². The summed E-state index contributed by atoms with van der Waals surface area (Å²) in [5, 5.41) is 9.60. The molecule has 0 aliphatic carbocycles. The summed E-state index contributed by atoms with van der Waals surface area (Å²) in [7, 11) is 0. The van der Waals surface area contributed by atoms with E-state index in [4.69, 9.17) is 14.3 Å². The molecule has 0 unspecified atom stereocenters. The van der Waals surface area contributed by atoms with Crippen molar-refractivity contribution in [3.05, 3.63) is 82.8 Å². The number of carbonyl (C=O) groups is 1. The van der Waals surface area contributed by atoms with Crippen LogP contribution >= 0.6 is 15.9 Å². The molecule has 1 aliphatic heterocycles. The Balaban J connectivity index is 1.22. The predicted molar refractivity (Wildman–Crippen MR) is 133 cm³/mol. The van der Waals surface area contributed by atoms with Crippen LogP contribution in [0.25, 0.3) is 11.0 Å². The van der Waals surface area contributed by atoms with Crippen molar-refractivity contribution in [2.75, 3.05) is 31.1 Å². The van der Waals surface area contributed by atoms with E-state index in [0.717, 1.165) is 59.8 Å². The molecule has 1 aromatic heterocycles. The first-order chi connectivity index (χ1) is 16.5. The number of carboxylic acid groups (broad SMARTS) is 1. The van der Waals surface area contributed by atoms with Crippen LogP contribution in [0, 0.1) is 0 Å². The number of piperazine rings is 1. The lowest BCUT2D eigenvalue weighted by Crippen LogP contribution is -2.46. The Hall–Kier alpha value is -3.49. The number of hydrogen-bond acceptors (Lipinski definition) is 6. The number of fused-ring (bicyclic) bond motifs is 1. The molecule has 1 saturated heterocycles. The fourth-order valence-electron chi connectivity index (χ4n) is 4.16. The highest BCUT2D eigenvalue weighted by molar-refractivity contribution is 9.10. The summed E-state index contributed by atoms with van der Waals surface area (Å²) in [4.78, 5) is 15.5. The number of hydrogen-bond donors (Lipinski definition) is 1. The van der Waals surface area contributed by atoms with Gasteiger partial charge in [-0.15, -0.1) is 0 Å². The Kier molecular flexibility index (Phi) is 6.42. The highest BCUT2D eigenvalue weighted by atomic mass is 79.9. The number of rotatable bonds is 6. The quantitative estimate of drug-likeness (QED) is 0.295. The normalized spacial score (nSPS) is 14.3. The number of ether oxygens (including phenoxy) is 2. The lowest BCUT2D eigenvalue weighted by molar-refractivity contribution is 0.134. The molecule has 0 saturated carbocycles. The van der Waals surface area contributed by atoms with E-state index in [0.29, 0.717) is 5.58 Å². The van der Waals surface area contributed by atoms with Crippen LogP contribution < -0.4 is 14.4 Å². The van der Waals surface area contributed by atoms with Gasteiger partial charge in [-0.3, -0.25) is 4.90 Å². The lowest BCUT2D eigenvalue weighted by atomic mass is 10.1. The molecule has 174 valence electrons. The molecule has 2 heterocycles. The zero-order valence-electron chi connectivity index (χ0n) is 18.3. The molecule has 1 aliphatic rings. The number of furan rings is 1. The van der Waals surface area contributed by atoms with Crippen LogP contribution in [0.15, 0.2) is 81.7 Å². The molecule has 0 atom stereocenters. The van der Waals surface area contributed by atoms with Gasteiger partial charge in [-0.05, 0) is 57.9 Å². The fraction of sp³-hybridized carbons (Fsp3) is 0.192. The number of para-hydroxylation sites is 1. The first-order valence-electron chi connectivity index (χ1n) is 11.0. The van der Waals surface area contributed by atoms with Gasteiger partial charge >= 0.3 is 6.16 Å². The lowest BCUT2D eigenvalue weighted by Gasteiger charge is -2.36. The molecule has 0 bridgehead atoms. The third kappa shape index (κ3) is 5.03. The van der Waals surface area contributed by atoms with Gasteiger partial charge in [0.05, 0.1) is 10.2 Å². The SMILES string of the molecule is O=C(O)Oc1cc2c(Br)c(N3CCN(Cc4cccc(Oc5ccccc5)c4)CC3)ccc2o1. The summed E-state index contributed by atoms with van der Waals surface area (Å²) in [5.41, 5.74) is 2.84. The molecule has 5 rings (SSSR count). The number of halogens is 1. The zero-order valence-corrected chi connectivity index (χ0v) is 19.9. The molecule has 0 spiro atoms. The molecule has 7 nitrogen and oxygen atoms in total. The molecule has 34 heavy (non-hydrogen) atoms. The van der Waals surface area contributed by atoms with E-state index < -0.39 is 6.16 Å². The summed E-state index contributed by atoms with van der Waals surface area (Å²) >= 11 is 3.67. The molecule has 0 amide bonds. The molecule has 3 aromatic carbocycles. The molecule has 8 heteroatoms. The van der Waals surface area contributed by atoms with Crippen molar-refractivity contribution < 1.29 is 23.8 Å². The van der Waals surface area contributed by atoms with Crippen LogP contribution in [-0.2, 0) is 6.54 Å². The van der Waals surface area contributed by atoms with Gasteiger partial charge in [-0.25, -0.2) is 4.79 Å².